The van der Waals surface area contributed by atoms with E-state index in [4.69, 9.17) is 9.88 Å². The molecule has 0 bridgehead atoms. The van der Waals surface area contributed by atoms with Crippen molar-refractivity contribution in [3.63, 3.8) is 0 Å². The number of rotatable bonds is 7. The van der Waals surface area contributed by atoms with Gasteiger partial charge in [-0.05, 0) is 38.0 Å². The fraction of sp³-hybridized carbons (Fsp3) is 0.500. The van der Waals surface area contributed by atoms with Crippen molar-refractivity contribution in [3.05, 3.63) is 29.8 Å². The van der Waals surface area contributed by atoms with Crippen molar-refractivity contribution in [1.82, 2.24) is 5.32 Å². The Morgan fingerprint density at radius 2 is 1.86 bits per heavy atom. The first-order valence-corrected chi connectivity index (χ1v) is 8.12. The predicted octanol–water partition coefficient (Wildman–Crippen LogP) is 0.808. The fourth-order valence-electron chi connectivity index (χ4n) is 1.58. The normalized spacial score (nSPS) is 12.2. The van der Waals surface area contributed by atoms with Crippen LogP contribution in [0.1, 0.15) is 25.8 Å². The number of nitrogens with one attached hydrogen (secondary N) is 1. The molecule has 3 N–H and O–H groups in total. The summed E-state index contributed by atoms with van der Waals surface area (Å²) in [6, 6.07) is 6.20. The van der Waals surface area contributed by atoms with Gasteiger partial charge in [-0.2, -0.15) is 0 Å². The van der Waals surface area contributed by atoms with Gasteiger partial charge in [-0.1, -0.05) is 12.1 Å². The zero-order valence-electron chi connectivity index (χ0n) is 12.5. The number of amides is 1. The molecule has 6 nitrogen and oxygen atoms in total. The van der Waals surface area contributed by atoms with Crippen molar-refractivity contribution in [1.29, 1.82) is 0 Å². The summed E-state index contributed by atoms with van der Waals surface area (Å²) in [6.45, 7) is 4.21. The Labute approximate surface area is 125 Å². The molecule has 0 spiro atoms. The van der Waals surface area contributed by atoms with Gasteiger partial charge < -0.3 is 10.1 Å². The maximum atomic E-state index is 11.7. The molecule has 0 saturated carbocycles. The van der Waals surface area contributed by atoms with E-state index in [-0.39, 0.29) is 10.8 Å². The molecule has 21 heavy (non-hydrogen) atoms. The summed E-state index contributed by atoms with van der Waals surface area (Å²) in [4.78, 5) is 11.8. The Balaban J connectivity index is 2.47. The molecule has 0 aliphatic heterocycles. The van der Waals surface area contributed by atoms with E-state index in [1.165, 1.54) is 12.1 Å². The van der Waals surface area contributed by atoms with Gasteiger partial charge in [0.25, 0.3) is 0 Å². The minimum atomic E-state index is -3.67. The molecule has 0 fully saturated rings. The second kappa shape index (κ2) is 7.02. The van der Waals surface area contributed by atoms with Crippen LogP contribution in [-0.4, -0.2) is 33.6 Å². The molecule has 0 heterocycles. The number of carbonyl (C=O) groups is 1. The second-order valence-corrected chi connectivity index (χ2v) is 6.99. The van der Waals surface area contributed by atoms with Crippen molar-refractivity contribution in [2.45, 2.75) is 37.2 Å². The Hall–Kier alpha value is -1.44. The molecular weight excluding hydrogens is 292 g/mol. The van der Waals surface area contributed by atoms with E-state index in [1.54, 1.807) is 19.2 Å². The predicted molar refractivity (Wildman–Crippen MR) is 80.2 cm³/mol. The van der Waals surface area contributed by atoms with Crippen molar-refractivity contribution in [2.24, 2.45) is 5.14 Å². The third-order valence-electron chi connectivity index (χ3n) is 3.16. The molecule has 0 aromatic heterocycles. The Kier molecular flexibility index (Phi) is 5.88. The van der Waals surface area contributed by atoms with Gasteiger partial charge in [-0.15, -0.1) is 0 Å². The number of hydrogen-bond acceptors (Lipinski definition) is 4. The first-order chi connectivity index (χ1) is 9.64. The molecule has 0 radical (unpaired) electrons. The van der Waals surface area contributed by atoms with E-state index in [2.05, 4.69) is 5.32 Å². The first-order valence-electron chi connectivity index (χ1n) is 6.58. The average Bonchev–Trinajstić information content (AvgIpc) is 2.42. The Bertz CT molecular complexity index is 579. The van der Waals surface area contributed by atoms with Gasteiger partial charge in [-0.25, -0.2) is 13.6 Å². The van der Waals surface area contributed by atoms with Crippen LogP contribution in [0.25, 0.3) is 0 Å². The molecule has 1 rings (SSSR count). The third-order valence-corrected chi connectivity index (χ3v) is 4.09. The molecule has 0 unspecified atom stereocenters. The second-order valence-electron chi connectivity index (χ2n) is 5.43. The van der Waals surface area contributed by atoms with Crippen LogP contribution in [0.15, 0.2) is 29.2 Å². The van der Waals surface area contributed by atoms with E-state index in [1.807, 2.05) is 13.8 Å². The first kappa shape index (κ1) is 17.6. The number of methoxy groups -OCH3 is 1. The van der Waals surface area contributed by atoms with Crippen LogP contribution >= 0.6 is 0 Å². The lowest BCUT2D eigenvalue weighted by Gasteiger charge is -2.23. The molecular formula is C14H22N2O4S. The SMILES string of the molecule is COC(C)(C)CNC(=O)CCc1ccc(S(N)(=O)=O)cc1. The van der Waals surface area contributed by atoms with Crippen LogP contribution < -0.4 is 10.5 Å². The smallest absolute Gasteiger partial charge is 0.238 e. The monoisotopic (exact) mass is 314 g/mol. The molecule has 118 valence electrons. The summed E-state index contributed by atoms with van der Waals surface area (Å²) >= 11 is 0. The molecule has 0 aliphatic rings. The molecule has 1 aromatic carbocycles. The van der Waals surface area contributed by atoms with E-state index in [9.17, 15) is 13.2 Å². The maximum Gasteiger partial charge on any atom is 0.238 e. The van der Waals surface area contributed by atoms with Crippen LogP contribution in [-0.2, 0) is 26.0 Å². The molecule has 1 amide bonds. The van der Waals surface area contributed by atoms with Gasteiger partial charge in [0, 0.05) is 20.1 Å². The molecule has 0 saturated heterocycles. The maximum absolute atomic E-state index is 11.7. The fourth-order valence-corrected chi connectivity index (χ4v) is 2.09. The zero-order valence-corrected chi connectivity index (χ0v) is 13.4. The van der Waals surface area contributed by atoms with Crippen molar-refractivity contribution in [2.75, 3.05) is 13.7 Å². The van der Waals surface area contributed by atoms with Crippen LogP contribution in [0.2, 0.25) is 0 Å². The topological polar surface area (TPSA) is 98.5 Å². The third kappa shape index (κ3) is 6.24. The van der Waals surface area contributed by atoms with Crippen LogP contribution in [0.4, 0.5) is 0 Å². The largest absolute Gasteiger partial charge is 0.377 e. The van der Waals surface area contributed by atoms with Crippen LogP contribution in [0.5, 0.6) is 0 Å². The van der Waals surface area contributed by atoms with Crippen molar-refractivity contribution >= 4 is 15.9 Å². The Morgan fingerprint density at radius 3 is 2.33 bits per heavy atom. The number of hydrogen-bond donors (Lipinski definition) is 2. The van der Waals surface area contributed by atoms with Gasteiger partial charge in [-0.3, -0.25) is 4.79 Å². The average molecular weight is 314 g/mol. The summed E-state index contributed by atoms with van der Waals surface area (Å²) < 4.78 is 27.5. The molecule has 0 atom stereocenters. The zero-order chi connectivity index (χ0) is 16.1. The lowest BCUT2D eigenvalue weighted by molar-refractivity contribution is -0.122. The van der Waals surface area contributed by atoms with Gasteiger partial charge in [0.1, 0.15) is 0 Å². The summed E-state index contributed by atoms with van der Waals surface area (Å²) in [5.74, 6) is -0.0735. The Morgan fingerprint density at radius 1 is 1.29 bits per heavy atom. The number of sulfonamides is 1. The number of carbonyl (C=O) groups excluding carboxylic acids is 1. The highest BCUT2D eigenvalue weighted by molar-refractivity contribution is 7.89. The van der Waals surface area contributed by atoms with Gasteiger partial charge in [0.2, 0.25) is 15.9 Å². The van der Waals surface area contributed by atoms with Crippen molar-refractivity contribution < 1.29 is 17.9 Å². The lowest BCUT2D eigenvalue weighted by atomic mass is 10.1. The standard InChI is InChI=1S/C14H22N2O4S/c1-14(2,20-3)10-16-13(17)9-6-11-4-7-12(8-5-11)21(15,18)19/h4-5,7-8H,6,9-10H2,1-3H3,(H,16,17)(H2,15,18,19). The van der Waals surface area contributed by atoms with Crippen LogP contribution in [0.3, 0.4) is 0 Å². The van der Waals surface area contributed by atoms with Crippen LogP contribution in [0, 0.1) is 0 Å². The molecule has 1 aromatic rings. The number of aryl methyl sites for hydroxylation is 1. The van der Waals surface area contributed by atoms with Gasteiger partial charge in [0.15, 0.2) is 0 Å². The lowest BCUT2D eigenvalue weighted by Crippen LogP contribution is -2.39. The number of ether oxygens (including phenoxy) is 1. The summed E-state index contributed by atoms with van der Waals surface area (Å²) in [6.07, 6.45) is 0.860. The van der Waals surface area contributed by atoms with E-state index in [0.717, 1.165) is 5.56 Å². The highest BCUT2D eigenvalue weighted by atomic mass is 32.2. The van der Waals surface area contributed by atoms with E-state index >= 15 is 0 Å². The van der Waals surface area contributed by atoms with Gasteiger partial charge >= 0.3 is 0 Å². The molecule has 7 heteroatoms. The molecule has 0 aliphatic carbocycles. The highest BCUT2D eigenvalue weighted by Crippen LogP contribution is 2.10. The quantitative estimate of drug-likeness (QED) is 0.778. The minimum absolute atomic E-state index is 0.0672. The minimum Gasteiger partial charge on any atom is -0.377 e. The number of primary sulfonamides is 1. The number of benzene rings is 1. The number of nitrogens with two attached hydrogens (primary N) is 1. The summed E-state index contributed by atoms with van der Waals surface area (Å²) in [5.41, 5.74) is 0.482. The van der Waals surface area contributed by atoms with Crippen molar-refractivity contribution in [3.8, 4) is 0 Å². The summed E-state index contributed by atoms with van der Waals surface area (Å²) in [7, 11) is -2.08. The van der Waals surface area contributed by atoms with Gasteiger partial charge in [0.05, 0.1) is 10.5 Å². The summed E-state index contributed by atoms with van der Waals surface area (Å²) in [5, 5.41) is 7.82. The van der Waals surface area contributed by atoms with E-state index in [0.29, 0.717) is 19.4 Å². The highest BCUT2D eigenvalue weighted by Gasteiger charge is 2.17. The van der Waals surface area contributed by atoms with E-state index < -0.39 is 15.6 Å².